The molecule has 3 unspecified atom stereocenters. The van der Waals surface area contributed by atoms with Crippen LogP contribution < -0.4 is 5.32 Å². The third-order valence-electron chi connectivity index (χ3n) is 4.01. The molecular formula is C13H24N2OS. The summed E-state index contributed by atoms with van der Waals surface area (Å²) in [5, 5.41) is 4.00. The average Bonchev–Trinajstić information content (AvgIpc) is 2.71. The van der Waals surface area contributed by atoms with Crippen molar-refractivity contribution in [2.75, 3.05) is 12.8 Å². The maximum atomic E-state index is 12.1. The highest BCUT2D eigenvalue weighted by Crippen LogP contribution is 2.33. The van der Waals surface area contributed by atoms with Crippen molar-refractivity contribution in [3.63, 3.8) is 0 Å². The van der Waals surface area contributed by atoms with Crippen LogP contribution >= 0.6 is 11.8 Å². The largest absolute Gasteiger partial charge is 0.322 e. The van der Waals surface area contributed by atoms with E-state index in [1.807, 2.05) is 11.8 Å². The van der Waals surface area contributed by atoms with Crippen LogP contribution in [0.3, 0.4) is 0 Å². The van der Waals surface area contributed by atoms with E-state index in [0.717, 1.165) is 0 Å². The standard InChI is InChI=1S/C13H24N2OS/c1-9(2)13-14-8-12(16)15(13)10-6-4-5-7-11(10)17-3/h9-11,13-14H,4-8H2,1-3H3. The molecule has 1 saturated carbocycles. The highest BCUT2D eigenvalue weighted by Gasteiger charge is 2.41. The number of rotatable bonds is 3. The molecule has 0 aromatic carbocycles. The minimum absolute atomic E-state index is 0.250. The first-order valence-electron chi connectivity index (χ1n) is 6.72. The van der Waals surface area contributed by atoms with Gasteiger partial charge >= 0.3 is 0 Å². The van der Waals surface area contributed by atoms with Gasteiger partial charge in [0.2, 0.25) is 5.91 Å². The van der Waals surface area contributed by atoms with Crippen molar-refractivity contribution in [1.29, 1.82) is 0 Å². The lowest BCUT2D eigenvalue weighted by Crippen LogP contribution is -2.52. The smallest absolute Gasteiger partial charge is 0.238 e. The molecule has 0 aromatic heterocycles. The van der Waals surface area contributed by atoms with E-state index < -0.39 is 0 Å². The number of nitrogens with zero attached hydrogens (tertiary/aromatic N) is 1. The topological polar surface area (TPSA) is 32.3 Å². The van der Waals surface area contributed by atoms with Gasteiger partial charge in [-0.05, 0) is 25.0 Å². The third kappa shape index (κ3) is 2.63. The van der Waals surface area contributed by atoms with Crippen LogP contribution in [0.2, 0.25) is 0 Å². The van der Waals surface area contributed by atoms with Gasteiger partial charge in [0.15, 0.2) is 0 Å². The highest BCUT2D eigenvalue weighted by molar-refractivity contribution is 7.99. The van der Waals surface area contributed by atoms with Gasteiger partial charge in [-0.25, -0.2) is 0 Å². The van der Waals surface area contributed by atoms with E-state index in [4.69, 9.17) is 0 Å². The predicted octanol–water partition coefficient (Wildman–Crippen LogP) is 2.07. The van der Waals surface area contributed by atoms with Gasteiger partial charge in [-0.2, -0.15) is 11.8 Å². The van der Waals surface area contributed by atoms with Crippen LogP contribution in [0.4, 0.5) is 0 Å². The van der Waals surface area contributed by atoms with Crippen LogP contribution in [0.25, 0.3) is 0 Å². The number of amides is 1. The number of carbonyl (C=O) groups is 1. The van der Waals surface area contributed by atoms with E-state index in [-0.39, 0.29) is 6.17 Å². The molecule has 0 spiro atoms. The zero-order valence-corrected chi connectivity index (χ0v) is 11.9. The molecule has 4 heteroatoms. The molecule has 2 aliphatic rings. The summed E-state index contributed by atoms with van der Waals surface area (Å²) in [4.78, 5) is 14.3. The van der Waals surface area contributed by atoms with Gasteiger partial charge in [-0.1, -0.05) is 26.7 Å². The lowest BCUT2D eigenvalue weighted by atomic mass is 9.92. The summed E-state index contributed by atoms with van der Waals surface area (Å²) in [5.41, 5.74) is 0. The summed E-state index contributed by atoms with van der Waals surface area (Å²) in [5.74, 6) is 0.792. The number of nitrogens with one attached hydrogen (secondary N) is 1. The Morgan fingerprint density at radius 3 is 2.71 bits per heavy atom. The molecular weight excluding hydrogens is 232 g/mol. The van der Waals surface area contributed by atoms with Crippen molar-refractivity contribution in [2.24, 2.45) is 5.92 Å². The Hall–Kier alpha value is -0.220. The molecule has 1 saturated heterocycles. The van der Waals surface area contributed by atoms with Gasteiger partial charge in [-0.3, -0.25) is 10.1 Å². The Morgan fingerprint density at radius 1 is 1.35 bits per heavy atom. The zero-order valence-electron chi connectivity index (χ0n) is 11.1. The molecule has 1 amide bonds. The Bertz CT molecular complexity index is 283. The summed E-state index contributed by atoms with van der Waals surface area (Å²) in [7, 11) is 0. The number of carbonyl (C=O) groups excluding carboxylic acids is 1. The maximum Gasteiger partial charge on any atom is 0.238 e. The van der Waals surface area contributed by atoms with Crippen LogP contribution in [0, 0.1) is 5.92 Å². The van der Waals surface area contributed by atoms with E-state index in [1.54, 1.807) is 0 Å². The molecule has 3 atom stereocenters. The molecule has 0 aromatic rings. The van der Waals surface area contributed by atoms with Crippen LogP contribution in [0.1, 0.15) is 39.5 Å². The minimum atomic E-state index is 0.250. The number of hydrogen-bond acceptors (Lipinski definition) is 3. The lowest BCUT2D eigenvalue weighted by Gasteiger charge is -2.41. The van der Waals surface area contributed by atoms with E-state index in [0.29, 0.717) is 29.7 Å². The van der Waals surface area contributed by atoms with Crippen LogP contribution in [-0.4, -0.2) is 41.1 Å². The summed E-state index contributed by atoms with van der Waals surface area (Å²) >= 11 is 1.93. The molecule has 1 N–H and O–H groups in total. The van der Waals surface area contributed by atoms with Gasteiger partial charge < -0.3 is 4.90 Å². The molecule has 2 rings (SSSR count). The summed E-state index contributed by atoms with van der Waals surface area (Å²) in [6.07, 6.45) is 7.48. The van der Waals surface area contributed by atoms with Crippen LogP contribution in [0.15, 0.2) is 0 Å². The molecule has 3 nitrogen and oxygen atoms in total. The van der Waals surface area contributed by atoms with E-state index >= 15 is 0 Å². The Labute approximate surface area is 109 Å². The lowest BCUT2D eigenvalue weighted by molar-refractivity contribution is -0.131. The molecule has 0 bridgehead atoms. The molecule has 98 valence electrons. The Kier molecular flexibility index (Phi) is 4.36. The van der Waals surface area contributed by atoms with Gasteiger partial charge in [0.05, 0.1) is 12.7 Å². The monoisotopic (exact) mass is 256 g/mol. The van der Waals surface area contributed by atoms with Gasteiger partial charge in [0.25, 0.3) is 0 Å². The number of hydrogen-bond donors (Lipinski definition) is 1. The fraction of sp³-hybridized carbons (Fsp3) is 0.923. The van der Waals surface area contributed by atoms with E-state index in [1.165, 1.54) is 25.7 Å². The average molecular weight is 256 g/mol. The van der Waals surface area contributed by atoms with Crippen LogP contribution in [-0.2, 0) is 4.79 Å². The maximum absolute atomic E-state index is 12.1. The van der Waals surface area contributed by atoms with E-state index in [9.17, 15) is 4.79 Å². The quantitative estimate of drug-likeness (QED) is 0.839. The first kappa shape index (κ1) is 13.2. The van der Waals surface area contributed by atoms with Crippen molar-refractivity contribution >= 4 is 17.7 Å². The third-order valence-corrected chi connectivity index (χ3v) is 5.16. The molecule has 17 heavy (non-hydrogen) atoms. The minimum Gasteiger partial charge on any atom is -0.322 e. The first-order chi connectivity index (χ1) is 8.15. The number of thioether (sulfide) groups is 1. The summed E-state index contributed by atoms with van der Waals surface area (Å²) in [6.45, 7) is 4.92. The molecule has 1 aliphatic heterocycles. The molecule has 0 radical (unpaired) electrons. The van der Waals surface area contributed by atoms with Gasteiger partial charge in [0.1, 0.15) is 0 Å². The van der Waals surface area contributed by atoms with Crippen molar-refractivity contribution in [2.45, 2.75) is 57.0 Å². The van der Waals surface area contributed by atoms with Crippen molar-refractivity contribution in [1.82, 2.24) is 10.2 Å². The second kappa shape index (κ2) is 5.61. The Balaban J connectivity index is 2.14. The van der Waals surface area contributed by atoms with Crippen molar-refractivity contribution < 1.29 is 4.79 Å². The molecule has 1 heterocycles. The molecule has 2 fully saturated rings. The van der Waals surface area contributed by atoms with E-state index in [2.05, 4.69) is 30.3 Å². The fourth-order valence-corrected chi connectivity index (χ4v) is 4.14. The fourth-order valence-electron chi connectivity index (χ4n) is 3.16. The first-order valence-corrected chi connectivity index (χ1v) is 8.01. The summed E-state index contributed by atoms with van der Waals surface area (Å²) < 4.78 is 0. The van der Waals surface area contributed by atoms with Gasteiger partial charge in [0, 0.05) is 11.3 Å². The van der Waals surface area contributed by atoms with Gasteiger partial charge in [-0.15, -0.1) is 0 Å². The van der Waals surface area contributed by atoms with Crippen molar-refractivity contribution in [3.8, 4) is 0 Å². The zero-order chi connectivity index (χ0) is 12.4. The molecule has 1 aliphatic carbocycles. The second-order valence-corrected chi connectivity index (χ2v) is 6.57. The second-order valence-electron chi connectivity index (χ2n) is 5.50. The predicted molar refractivity (Wildman–Crippen MR) is 73.0 cm³/mol. The van der Waals surface area contributed by atoms with Crippen molar-refractivity contribution in [3.05, 3.63) is 0 Å². The SMILES string of the molecule is CSC1CCCCC1N1C(=O)CNC1C(C)C. The Morgan fingerprint density at radius 2 is 2.06 bits per heavy atom. The normalized spacial score (nSPS) is 34.7. The highest BCUT2D eigenvalue weighted by atomic mass is 32.2. The summed E-state index contributed by atoms with van der Waals surface area (Å²) in [6, 6.07) is 0.452. The van der Waals surface area contributed by atoms with Crippen LogP contribution in [0.5, 0.6) is 0 Å².